The molecule has 8 nitrogen and oxygen atoms in total. The summed E-state index contributed by atoms with van der Waals surface area (Å²) in [5.41, 5.74) is -1.09. The number of H-pyrrole nitrogens is 1. The summed E-state index contributed by atoms with van der Waals surface area (Å²) in [6.45, 7) is 0.727. The zero-order valence-electron chi connectivity index (χ0n) is 7.56. The average Bonchev–Trinajstić information content (AvgIpc) is 2.70. The third-order valence-corrected chi connectivity index (χ3v) is 1.66. The third-order valence-electron chi connectivity index (χ3n) is 1.66. The first-order valence-electron chi connectivity index (χ1n) is 3.89. The van der Waals surface area contributed by atoms with E-state index in [4.69, 9.17) is 10.2 Å². The van der Waals surface area contributed by atoms with Gasteiger partial charge in [-0.15, -0.1) is 10.2 Å². The summed E-state index contributed by atoms with van der Waals surface area (Å²) in [5.74, 6) is -0.748. The second kappa shape index (κ2) is 4.11. The van der Waals surface area contributed by atoms with Gasteiger partial charge in [0.25, 0.3) is 11.7 Å². The zero-order chi connectivity index (χ0) is 10.6. The molecule has 0 atom stereocenters. The van der Waals surface area contributed by atoms with E-state index in [1.54, 1.807) is 0 Å². The Morgan fingerprint density at radius 2 is 2.21 bits per heavy atom. The van der Waals surface area contributed by atoms with E-state index < -0.39 is 11.4 Å². The van der Waals surface area contributed by atoms with Crippen molar-refractivity contribution in [2.24, 2.45) is 0 Å². The van der Waals surface area contributed by atoms with Crippen molar-refractivity contribution < 1.29 is 15.0 Å². The molecule has 0 fully saturated rings. The number of rotatable bonds is 4. The molecular formula is C6H11N5O3. The number of aliphatic hydroxyl groups is 2. The number of nitrogens with one attached hydrogen (secondary N) is 2. The van der Waals surface area contributed by atoms with Crippen molar-refractivity contribution in [2.75, 3.05) is 13.2 Å². The van der Waals surface area contributed by atoms with Crippen molar-refractivity contribution in [1.29, 1.82) is 0 Å². The molecule has 14 heavy (non-hydrogen) atoms. The quantitative estimate of drug-likeness (QED) is 0.433. The summed E-state index contributed by atoms with van der Waals surface area (Å²) in [7, 11) is 0. The van der Waals surface area contributed by atoms with Gasteiger partial charge in [-0.1, -0.05) is 0 Å². The number of tetrazole rings is 1. The second-order valence-electron chi connectivity index (χ2n) is 3.07. The fourth-order valence-corrected chi connectivity index (χ4v) is 0.717. The number of aliphatic hydroxyl groups excluding tert-OH is 2. The van der Waals surface area contributed by atoms with Gasteiger partial charge < -0.3 is 15.5 Å². The van der Waals surface area contributed by atoms with Gasteiger partial charge >= 0.3 is 0 Å². The molecule has 4 N–H and O–H groups in total. The molecular weight excluding hydrogens is 190 g/mol. The van der Waals surface area contributed by atoms with Crippen LogP contribution in [-0.2, 0) is 0 Å². The molecule has 0 saturated carbocycles. The zero-order valence-corrected chi connectivity index (χ0v) is 7.56. The van der Waals surface area contributed by atoms with Crippen LogP contribution in [0.1, 0.15) is 17.5 Å². The van der Waals surface area contributed by atoms with Crippen LogP contribution in [-0.4, -0.2) is 55.5 Å². The number of hydrogen-bond acceptors (Lipinski definition) is 6. The van der Waals surface area contributed by atoms with E-state index >= 15 is 0 Å². The molecule has 1 amide bonds. The van der Waals surface area contributed by atoms with E-state index in [0.717, 1.165) is 0 Å². The van der Waals surface area contributed by atoms with Crippen molar-refractivity contribution in [3.63, 3.8) is 0 Å². The van der Waals surface area contributed by atoms with Crippen LogP contribution < -0.4 is 5.32 Å². The Labute approximate surface area is 79.3 Å². The molecule has 1 heterocycles. The van der Waals surface area contributed by atoms with E-state index in [0.29, 0.717) is 0 Å². The number of carbonyl (C=O) groups is 1. The Kier molecular flexibility index (Phi) is 3.10. The van der Waals surface area contributed by atoms with Gasteiger partial charge in [-0.25, -0.2) is 0 Å². The van der Waals surface area contributed by atoms with Crippen LogP contribution in [0.25, 0.3) is 0 Å². The van der Waals surface area contributed by atoms with Crippen molar-refractivity contribution in [2.45, 2.75) is 12.5 Å². The van der Waals surface area contributed by atoms with Crippen molar-refractivity contribution >= 4 is 5.91 Å². The minimum atomic E-state index is -1.09. The van der Waals surface area contributed by atoms with E-state index in [1.807, 2.05) is 0 Å². The average molecular weight is 201 g/mol. The highest BCUT2D eigenvalue weighted by atomic mass is 16.3. The van der Waals surface area contributed by atoms with Gasteiger partial charge in [0, 0.05) is 0 Å². The van der Waals surface area contributed by atoms with E-state index in [2.05, 4.69) is 25.9 Å². The van der Waals surface area contributed by atoms with Gasteiger partial charge in [-0.2, -0.15) is 5.21 Å². The lowest BCUT2D eigenvalue weighted by atomic mass is 10.1. The molecule has 0 aromatic carbocycles. The Morgan fingerprint density at radius 1 is 1.57 bits per heavy atom. The number of aromatic amines is 1. The molecule has 78 valence electrons. The lowest BCUT2D eigenvalue weighted by Crippen LogP contribution is -2.52. The topological polar surface area (TPSA) is 124 Å². The number of amides is 1. The highest BCUT2D eigenvalue weighted by Gasteiger charge is 2.26. The number of nitrogens with zero attached hydrogens (tertiary/aromatic N) is 3. The van der Waals surface area contributed by atoms with Gasteiger partial charge in [-0.3, -0.25) is 4.79 Å². The van der Waals surface area contributed by atoms with Gasteiger partial charge in [0.2, 0.25) is 0 Å². The Hall–Kier alpha value is -1.54. The monoisotopic (exact) mass is 201 g/mol. The summed E-state index contributed by atoms with van der Waals surface area (Å²) in [4.78, 5) is 11.3. The predicted octanol–water partition coefficient (Wildman–Crippen LogP) is -2.33. The summed E-state index contributed by atoms with van der Waals surface area (Å²) in [5, 5.41) is 32.4. The smallest absolute Gasteiger partial charge is 0.293 e. The Bertz CT molecular complexity index is 294. The SMILES string of the molecule is CC(CO)(CO)NC(=O)c1nn[nH]n1. The fourth-order valence-electron chi connectivity index (χ4n) is 0.717. The standard InChI is InChI=1S/C6H11N5O3/c1-6(2-12,3-13)7-5(14)4-8-10-11-9-4/h12-13H,2-3H2,1H3,(H,7,14)(H,8,9,10,11). The molecule has 0 bridgehead atoms. The second-order valence-corrected chi connectivity index (χ2v) is 3.07. The first-order chi connectivity index (χ1) is 6.61. The first kappa shape index (κ1) is 10.5. The van der Waals surface area contributed by atoms with Gasteiger partial charge in [-0.05, 0) is 12.1 Å². The maximum atomic E-state index is 11.3. The normalized spacial score (nSPS) is 11.4. The summed E-state index contributed by atoms with van der Waals surface area (Å²) in [6.07, 6.45) is 0. The molecule has 1 aromatic rings. The predicted molar refractivity (Wildman–Crippen MR) is 44.2 cm³/mol. The molecule has 0 spiro atoms. The van der Waals surface area contributed by atoms with Crippen LogP contribution >= 0.6 is 0 Å². The van der Waals surface area contributed by atoms with Crippen LogP contribution in [0.15, 0.2) is 0 Å². The Balaban J connectivity index is 2.65. The maximum Gasteiger partial charge on any atom is 0.293 e. The minimum Gasteiger partial charge on any atom is -0.394 e. The highest BCUT2D eigenvalue weighted by molar-refractivity contribution is 5.90. The van der Waals surface area contributed by atoms with Crippen LogP contribution in [0.3, 0.4) is 0 Å². The van der Waals surface area contributed by atoms with Crippen molar-refractivity contribution in [3.05, 3.63) is 5.82 Å². The van der Waals surface area contributed by atoms with Crippen molar-refractivity contribution in [3.8, 4) is 0 Å². The first-order valence-corrected chi connectivity index (χ1v) is 3.89. The lowest BCUT2D eigenvalue weighted by Gasteiger charge is -2.25. The fraction of sp³-hybridized carbons (Fsp3) is 0.667. The van der Waals surface area contributed by atoms with Gasteiger partial charge in [0.1, 0.15) is 0 Å². The molecule has 8 heteroatoms. The largest absolute Gasteiger partial charge is 0.394 e. The van der Waals surface area contributed by atoms with E-state index in [9.17, 15) is 4.79 Å². The molecule has 1 aromatic heterocycles. The molecule has 0 unspecified atom stereocenters. The number of carbonyl (C=O) groups excluding carboxylic acids is 1. The Morgan fingerprint density at radius 3 is 2.64 bits per heavy atom. The molecule has 0 aliphatic rings. The van der Waals surface area contributed by atoms with E-state index in [1.165, 1.54) is 6.92 Å². The van der Waals surface area contributed by atoms with Crippen LogP contribution in [0.4, 0.5) is 0 Å². The van der Waals surface area contributed by atoms with E-state index in [-0.39, 0.29) is 19.0 Å². The lowest BCUT2D eigenvalue weighted by molar-refractivity contribution is 0.0715. The number of hydrogen-bond donors (Lipinski definition) is 4. The summed E-state index contributed by atoms with van der Waals surface area (Å²) >= 11 is 0. The molecule has 1 rings (SSSR count). The summed E-state index contributed by atoms with van der Waals surface area (Å²) < 4.78 is 0. The minimum absolute atomic E-state index is 0.141. The third kappa shape index (κ3) is 2.24. The van der Waals surface area contributed by atoms with Crippen LogP contribution in [0.5, 0.6) is 0 Å². The molecule has 0 aliphatic heterocycles. The maximum absolute atomic E-state index is 11.3. The van der Waals surface area contributed by atoms with Crippen molar-refractivity contribution in [1.82, 2.24) is 25.9 Å². The van der Waals surface area contributed by atoms with Gasteiger partial charge in [0.05, 0.1) is 18.8 Å². The molecule has 0 aliphatic carbocycles. The summed E-state index contributed by atoms with van der Waals surface area (Å²) in [6, 6.07) is 0. The highest BCUT2D eigenvalue weighted by Crippen LogP contribution is 2.01. The van der Waals surface area contributed by atoms with Crippen LogP contribution in [0.2, 0.25) is 0 Å². The number of aromatic nitrogens is 4. The van der Waals surface area contributed by atoms with Gasteiger partial charge in [0.15, 0.2) is 0 Å². The van der Waals surface area contributed by atoms with Crippen LogP contribution in [0, 0.1) is 0 Å². The molecule has 0 saturated heterocycles. The molecule has 0 radical (unpaired) electrons.